The minimum absolute atomic E-state index is 0.0181. The lowest BCUT2D eigenvalue weighted by atomic mass is 9.99. The monoisotopic (exact) mass is 582 g/mol. The maximum Gasteiger partial charge on any atom is 0.272 e. The number of ether oxygens (including phenoxy) is 1. The summed E-state index contributed by atoms with van der Waals surface area (Å²) >= 11 is 0. The van der Waals surface area contributed by atoms with E-state index in [0.717, 1.165) is 26.3 Å². The van der Waals surface area contributed by atoms with Crippen LogP contribution in [0.1, 0.15) is 102 Å². The quantitative estimate of drug-likeness (QED) is 0.290. The van der Waals surface area contributed by atoms with Crippen LogP contribution in [-0.2, 0) is 4.74 Å². The highest BCUT2D eigenvalue weighted by atomic mass is 19.3. The van der Waals surface area contributed by atoms with E-state index in [1.807, 2.05) is 46.4 Å². The second-order valence-corrected chi connectivity index (χ2v) is 15.7. The van der Waals surface area contributed by atoms with Gasteiger partial charge in [0.1, 0.15) is 0 Å². The predicted octanol–water partition coefficient (Wildman–Crippen LogP) is 6.86. The van der Waals surface area contributed by atoms with Crippen LogP contribution in [-0.4, -0.2) is 119 Å². The molecule has 5 nitrogen and oxygen atoms in total. The molecule has 4 aliphatic heterocycles. The highest BCUT2D eigenvalue weighted by molar-refractivity contribution is 4.93. The van der Waals surface area contributed by atoms with Crippen LogP contribution in [0.3, 0.4) is 0 Å². The van der Waals surface area contributed by atoms with Crippen LogP contribution in [0.2, 0.25) is 0 Å². The van der Waals surface area contributed by atoms with Gasteiger partial charge in [0.15, 0.2) is 0 Å². The summed E-state index contributed by atoms with van der Waals surface area (Å²) in [5.41, 5.74) is 0.530. The van der Waals surface area contributed by atoms with Crippen LogP contribution >= 0.6 is 0 Å². The fourth-order valence-electron chi connectivity index (χ4n) is 4.92. The van der Waals surface area contributed by atoms with E-state index in [1.165, 1.54) is 25.9 Å². The molecule has 4 aliphatic rings. The summed E-state index contributed by atoms with van der Waals surface area (Å²) in [6.45, 7) is 32.3. The molecular weight excluding hydrogens is 520 g/mol. The van der Waals surface area contributed by atoms with Crippen LogP contribution in [0.25, 0.3) is 0 Å². The Bertz CT molecular complexity index is 716. The Morgan fingerprint density at radius 2 is 0.800 bits per heavy atom. The minimum Gasteiger partial charge on any atom is -0.379 e. The van der Waals surface area contributed by atoms with Gasteiger partial charge in [-0.05, 0) is 109 Å². The first-order valence-corrected chi connectivity index (χ1v) is 15.2. The van der Waals surface area contributed by atoms with E-state index in [4.69, 9.17) is 4.74 Å². The molecule has 0 aromatic carbocycles. The summed E-state index contributed by atoms with van der Waals surface area (Å²) in [6.07, 6.45) is 2.82. The summed E-state index contributed by atoms with van der Waals surface area (Å²) in [6, 6.07) is 0. The third-order valence-corrected chi connectivity index (χ3v) is 7.93. The van der Waals surface area contributed by atoms with Gasteiger partial charge in [-0.3, -0.25) is 19.6 Å². The van der Waals surface area contributed by atoms with Crippen molar-refractivity contribution in [2.24, 2.45) is 0 Å². The molecule has 9 heteroatoms. The Morgan fingerprint density at radius 1 is 0.450 bits per heavy atom. The summed E-state index contributed by atoms with van der Waals surface area (Å²) in [5, 5.41) is 0. The highest BCUT2D eigenvalue weighted by Gasteiger charge is 2.47. The van der Waals surface area contributed by atoms with Gasteiger partial charge in [0, 0.05) is 48.2 Å². The van der Waals surface area contributed by atoms with E-state index in [2.05, 4.69) is 51.3 Å². The van der Waals surface area contributed by atoms with Crippen LogP contribution < -0.4 is 0 Å². The molecule has 0 aromatic heterocycles. The number of likely N-dealkylation sites (tertiary alicyclic amines) is 3. The maximum atomic E-state index is 12.7. The standard InChI is InChI=1S/C8H15F2N.C8H17NO.C8H17N.C7H13F2N/c1-7(2,3)11-5-4-8(9,10)6-11;1-8(2,3)9-4-6-10-7-5-9;1-8(2,3)9-6-4-5-7-9;1-6(2,3)10-4-7(8,9)5-10/h4-6H2,1-3H3;4-7H2,1-3H3;4-7H2,1-3H3;4-5H2,1-3H3. The fraction of sp³-hybridized carbons (Fsp3) is 1.00. The number of rotatable bonds is 0. The van der Waals surface area contributed by atoms with Crippen molar-refractivity contribution >= 4 is 0 Å². The zero-order valence-electron chi connectivity index (χ0n) is 27.9. The first-order chi connectivity index (χ1) is 17.8. The van der Waals surface area contributed by atoms with Crippen LogP contribution in [0.15, 0.2) is 0 Å². The SMILES string of the molecule is CC(C)(C)N1CC(F)(F)C1.CC(C)(C)N1CCC(F)(F)C1.CC(C)(C)N1CCCC1.CC(C)(C)N1CCOCC1. The number of nitrogens with zero attached hydrogens (tertiary/aromatic N) is 4. The largest absolute Gasteiger partial charge is 0.379 e. The van der Waals surface area contributed by atoms with Crippen molar-refractivity contribution in [3.63, 3.8) is 0 Å². The van der Waals surface area contributed by atoms with Crippen molar-refractivity contribution in [3.05, 3.63) is 0 Å². The molecule has 4 fully saturated rings. The molecule has 0 aliphatic carbocycles. The Balaban J connectivity index is 0.000000267. The fourth-order valence-corrected chi connectivity index (χ4v) is 4.92. The average Bonchev–Trinajstić information content (AvgIpc) is 3.42. The molecule has 0 spiro atoms. The lowest BCUT2D eigenvalue weighted by Crippen LogP contribution is -2.62. The molecule has 40 heavy (non-hydrogen) atoms. The zero-order valence-corrected chi connectivity index (χ0v) is 27.9. The Morgan fingerprint density at radius 3 is 1.00 bits per heavy atom. The topological polar surface area (TPSA) is 22.2 Å². The first kappa shape index (κ1) is 37.5. The number of morpholine rings is 1. The van der Waals surface area contributed by atoms with Gasteiger partial charge in [-0.15, -0.1) is 0 Å². The summed E-state index contributed by atoms with van der Waals surface area (Å²) < 4.78 is 55.2. The molecule has 4 heterocycles. The normalized spacial score (nSPS) is 24.6. The minimum atomic E-state index is -2.45. The molecule has 0 aromatic rings. The van der Waals surface area contributed by atoms with Crippen LogP contribution in [0, 0.1) is 0 Å². The highest BCUT2D eigenvalue weighted by Crippen LogP contribution is 2.32. The summed E-state index contributed by atoms with van der Waals surface area (Å²) in [7, 11) is 0. The van der Waals surface area contributed by atoms with Crippen molar-refractivity contribution in [2.75, 3.05) is 65.6 Å². The van der Waals surface area contributed by atoms with Crippen molar-refractivity contribution < 1.29 is 22.3 Å². The van der Waals surface area contributed by atoms with Gasteiger partial charge < -0.3 is 4.74 Å². The van der Waals surface area contributed by atoms with Crippen LogP contribution in [0.4, 0.5) is 17.6 Å². The van der Waals surface area contributed by atoms with E-state index in [0.29, 0.717) is 17.6 Å². The molecule has 0 amide bonds. The van der Waals surface area contributed by atoms with E-state index < -0.39 is 11.8 Å². The Kier molecular flexibility index (Phi) is 13.4. The number of hydrogen-bond donors (Lipinski definition) is 0. The predicted molar refractivity (Wildman–Crippen MR) is 160 cm³/mol. The van der Waals surface area contributed by atoms with Crippen molar-refractivity contribution in [1.29, 1.82) is 0 Å². The molecule has 0 N–H and O–H groups in total. The molecule has 240 valence electrons. The molecule has 4 saturated heterocycles. The molecule has 0 radical (unpaired) electrons. The van der Waals surface area contributed by atoms with Gasteiger partial charge in [-0.25, -0.2) is 17.6 Å². The third-order valence-electron chi connectivity index (χ3n) is 7.93. The third kappa shape index (κ3) is 14.1. The van der Waals surface area contributed by atoms with Crippen molar-refractivity contribution in [3.8, 4) is 0 Å². The van der Waals surface area contributed by atoms with Crippen LogP contribution in [0.5, 0.6) is 0 Å². The molecule has 0 bridgehead atoms. The molecule has 0 unspecified atom stereocenters. The van der Waals surface area contributed by atoms with E-state index in [1.54, 1.807) is 4.90 Å². The zero-order chi connectivity index (χ0) is 31.2. The second-order valence-electron chi connectivity index (χ2n) is 15.7. The van der Waals surface area contributed by atoms with Crippen molar-refractivity contribution in [2.45, 2.75) is 136 Å². The molecule has 0 saturated carbocycles. The van der Waals surface area contributed by atoms with E-state index >= 15 is 0 Å². The van der Waals surface area contributed by atoms with Gasteiger partial charge in [-0.2, -0.15) is 0 Å². The summed E-state index contributed by atoms with van der Waals surface area (Å²) in [4.78, 5) is 8.60. The number of alkyl halides is 4. The molecule has 0 atom stereocenters. The molecular formula is C31H62F4N4O. The van der Waals surface area contributed by atoms with Gasteiger partial charge in [0.25, 0.3) is 11.8 Å². The van der Waals surface area contributed by atoms with Gasteiger partial charge in [0.2, 0.25) is 0 Å². The number of hydrogen-bond acceptors (Lipinski definition) is 5. The Labute approximate surface area is 243 Å². The second kappa shape index (κ2) is 14.3. The van der Waals surface area contributed by atoms with Crippen molar-refractivity contribution in [1.82, 2.24) is 19.6 Å². The molecule has 4 rings (SSSR count). The van der Waals surface area contributed by atoms with Gasteiger partial charge >= 0.3 is 0 Å². The van der Waals surface area contributed by atoms with E-state index in [-0.39, 0.29) is 37.1 Å². The number of halogens is 4. The average molecular weight is 583 g/mol. The first-order valence-electron chi connectivity index (χ1n) is 15.2. The van der Waals surface area contributed by atoms with Gasteiger partial charge in [-0.1, -0.05) is 0 Å². The maximum absolute atomic E-state index is 12.7. The Hall–Kier alpha value is -0.480. The van der Waals surface area contributed by atoms with Gasteiger partial charge in [0.05, 0.1) is 32.8 Å². The summed E-state index contributed by atoms with van der Waals surface area (Å²) in [5.74, 6) is -4.87. The lowest BCUT2D eigenvalue weighted by Gasteiger charge is -2.47. The van der Waals surface area contributed by atoms with E-state index in [9.17, 15) is 17.6 Å². The smallest absolute Gasteiger partial charge is 0.272 e. The lowest BCUT2D eigenvalue weighted by molar-refractivity contribution is -0.160.